The van der Waals surface area contributed by atoms with E-state index < -0.39 is 5.91 Å². The Morgan fingerprint density at radius 1 is 0.960 bits per heavy atom. The first-order valence-corrected chi connectivity index (χ1v) is 8.76. The molecule has 0 atom stereocenters. The maximum Gasteiger partial charge on any atom is 0.289 e. The third-order valence-corrected chi connectivity index (χ3v) is 4.56. The first-order chi connectivity index (χ1) is 12.2. The average molecular weight is 351 g/mol. The number of carbonyl (C=O) groups is 2. The molecular weight excluding hydrogens is 334 g/mol. The standard InChI is InChI=1S/C19H17N3O2S/c1-2-13-8-10-14(11-9-13)17(23)21-22-18(24)16-12-25-19(20-16)15-6-4-3-5-7-15/h3-12H,2H2,1H3,(H,21,23)(H,22,24). The van der Waals surface area contributed by atoms with Crippen LogP contribution in [0.5, 0.6) is 0 Å². The molecule has 0 aliphatic heterocycles. The van der Waals surface area contributed by atoms with Gasteiger partial charge in [0.1, 0.15) is 10.7 Å². The number of nitrogens with zero attached hydrogens (tertiary/aromatic N) is 1. The van der Waals surface area contributed by atoms with Crippen LogP contribution < -0.4 is 10.9 Å². The summed E-state index contributed by atoms with van der Waals surface area (Å²) in [5, 5.41) is 2.42. The molecule has 0 aliphatic rings. The van der Waals surface area contributed by atoms with Crippen molar-refractivity contribution in [3.63, 3.8) is 0 Å². The number of hydrazine groups is 1. The van der Waals surface area contributed by atoms with Gasteiger partial charge in [-0.25, -0.2) is 4.98 Å². The molecule has 0 saturated carbocycles. The molecule has 0 spiro atoms. The number of hydrogen-bond donors (Lipinski definition) is 2. The van der Waals surface area contributed by atoms with Crippen LogP contribution in [0.25, 0.3) is 10.6 Å². The minimum absolute atomic E-state index is 0.269. The summed E-state index contributed by atoms with van der Waals surface area (Å²) >= 11 is 1.38. The molecule has 0 unspecified atom stereocenters. The number of amides is 2. The van der Waals surface area contributed by atoms with Crippen LogP contribution in [0.3, 0.4) is 0 Å². The highest BCUT2D eigenvalue weighted by Gasteiger charge is 2.13. The van der Waals surface area contributed by atoms with Crippen LogP contribution in [0.4, 0.5) is 0 Å². The summed E-state index contributed by atoms with van der Waals surface area (Å²) in [6, 6.07) is 16.9. The quantitative estimate of drug-likeness (QED) is 0.707. The summed E-state index contributed by atoms with van der Waals surface area (Å²) < 4.78 is 0. The number of carbonyl (C=O) groups excluding carboxylic acids is 2. The van der Waals surface area contributed by atoms with Crippen molar-refractivity contribution in [2.45, 2.75) is 13.3 Å². The van der Waals surface area contributed by atoms with Crippen molar-refractivity contribution < 1.29 is 9.59 Å². The summed E-state index contributed by atoms with van der Waals surface area (Å²) in [5.74, 6) is -0.813. The predicted molar refractivity (Wildman–Crippen MR) is 98.3 cm³/mol. The molecule has 6 heteroatoms. The number of thiazole rings is 1. The third-order valence-electron chi connectivity index (χ3n) is 3.67. The molecule has 0 saturated heterocycles. The van der Waals surface area contributed by atoms with Gasteiger partial charge in [-0.05, 0) is 24.1 Å². The number of aryl methyl sites for hydroxylation is 1. The van der Waals surface area contributed by atoms with Crippen LogP contribution in [-0.2, 0) is 6.42 Å². The molecule has 2 N–H and O–H groups in total. The van der Waals surface area contributed by atoms with E-state index in [-0.39, 0.29) is 11.6 Å². The van der Waals surface area contributed by atoms with Gasteiger partial charge in [-0.1, -0.05) is 49.4 Å². The highest BCUT2D eigenvalue weighted by Crippen LogP contribution is 2.23. The van der Waals surface area contributed by atoms with E-state index in [1.165, 1.54) is 11.3 Å². The summed E-state index contributed by atoms with van der Waals surface area (Å²) in [6.45, 7) is 2.05. The minimum atomic E-state index is -0.447. The van der Waals surface area contributed by atoms with Gasteiger partial charge in [0.25, 0.3) is 11.8 Å². The summed E-state index contributed by atoms with van der Waals surface area (Å²) in [4.78, 5) is 28.5. The molecule has 126 valence electrons. The van der Waals surface area contributed by atoms with Crippen LogP contribution in [0.1, 0.15) is 33.3 Å². The van der Waals surface area contributed by atoms with E-state index in [1.54, 1.807) is 17.5 Å². The summed E-state index contributed by atoms with van der Waals surface area (Å²) in [5.41, 5.74) is 7.66. The Bertz CT molecular complexity index is 873. The highest BCUT2D eigenvalue weighted by molar-refractivity contribution is 7.13. The van der Waals surface area contributed by atoms with E-state index in [9.17, 15) is 9.59 Å². The van der Waals surface area contributed by atoms with Gasteiger partial charge in [-0.2, -0.15) is 0 Å². The largest absolute Gasteiger partial charge is 0.289 e. The van der Waals surface area contributed by atoms with Gasteiger partial charge in [-0.3, -0.25) is 20.4 Å². The molecule has 5 nitrogen and oxygen atoms in total. The first-order valence-electron chi connectivity index (χ1n) is 7.88. The summed E-state index contributed by atoms with van der Waals surface area (Å²) in [6.07, 6.45) is 0.909. The Morgan fingerprint density at radius 2 is 1.64 bits per heavy atom. The monoisotopic (exact) mass is 351 g/mol. The molecular formula is C19H17N3O2S. The predicted octanol–water partition coefficient (Wildman–Crippen LogP) is 3.45. The van der Waals surface area contributed by atoms with Gasteiger partial charge < -0.3 is 0 Å². The van der Waals surface area contributed by atoms with Gasteiger partial charge >= 0.3 is 0 Å². The zero-order chi connectivity index (χ0) is 17.6. The maximum absolute atomic E-state index is 12.1. The summed E-state index contributed by atoms with van der Waals surface area (Å²) in [7, 11) is 0. The molecule has 0 aliphatic carbocycles. The van der Waals surface area contributed by atoms with Gasteiger partial charge in [0.05, 0.1) is 0 Å². The van der Waals surface area contributed by atoms with Crippen molar-refractivity contribution in [1.82, 2.24) is 15.8 Å². The van der Waals surface area contributed by atoms with Crippen LogP contribution >= 0.6 is 11.3 Å². The second-order valence-electron chi connectivity index (χ2n) is 5.36. The van der Waals surface area contributed by atoms with E-state index in [0.717, 1.165) is 22.6 Å². The minimum Gasteiger partial charge on any atom is -0.267 e. The Hall–Kier alpha value is -2.99. The Labute approximate surface area is 149 Å². The molecule has 0 fully saturated rings. The number of nitrogens with one attached hydrogen (secondary N) is 2. The molecule has 0 bridgehead atoms. The Morgan fingerprint density at radius 3 is 2.32 bits per heavy atom. The number of hydrogen-bond acceptors (Lipinski definition) is 4. The molecule has 2 aromatic carbocycles. The van der Waals surface area contributed by atoms with Gasteiger partial charge in [-0.15, -0.1) is 11.3 Å². The maximum atomic E-state index is 12.1. The van der Waals surface area contributed by atoms with Gasteiger partial charge in [0.15, 0.2) is 0 Å². The second kappa shape index (κ2) is 7.72. The molecule has 3 rings (SSSR count). The van der Waals surface area contributed by atoms with E-state index in [0.29, 0.717) is 5.56 Å². The van der Waals surface area contributed by atoms with Crippen molar-refractivity contribution in [2.24, 2.45) is 0 Å². The normalized spacial score (nSPS) is 10.3. The van der Waals surface area contributed by atoms with Crippen molar-refractivity contribution in [3.05, 3.63) is 76.8 Å². The van der Waals surface area contributed by atoms with Crippen molar-refractivity contribution in [2.75, 3.05) is 0 Å². The lowest BCUT2D eigenvalue weighted by Crippen LogP contribution is -2.41. The smallest absolute Gasteiger partial charge is 0.267 e. The fraction of sp³-hybridized carbons (Fsp3) is 0.105. The highest BCUT2D eigenvalue weighted by atomic mass is 32.1. The van der Waals surface area contributed by atoms with Crippen LogP contribution in [0.2, 0.25) is 0 Å². The fourth-order valence-electron chi connectivity index (χ4n) is 2.23. The molecule has 0 radical (unpaired) electrons. The number of rotatable bonds is 4. The average Bonchev–Trinajstić information content (AvgIpc) is 3.17. The molecule has 1 heterocycles. The van der Waals surface area contributed by atoms with Crippen LogP contribution in [-0.4, -0.2) is 16.8 Å². The van der Waals surface area contributed by atoms with Crippen LogP contribution in [0.15, 0.2) is 60.0 Å². The topological polar surface area (TPSA) is 71.1 Å². The Balaban J connectivity index is 1.60. The second-order valence-corrected chi connectivity index (χ2v) is 6.22. The fourth-order valence-corrected chi connectivity index (χ4v) is 3.04. The van der Waals surface area contributed by atoms with Gasteiger partial charge in [0.2, 0.25) is 0 Å². The lowest BCUT2D eigenvalue weighted by atomic mass is 10.1. The molecule has 1 aromatic heterocycles. The van der Waals surface area contributed by atoms with Crippen molar-refractivity contribution in [1.29, 1.82) is 0 Å². The van der Waals surface area contributed by atoms with Gasteiger partial charge in [0, 0.05) is 16.5 Å². The van der Waals surface area contributed by atoms with E-state index >= 15 is 0 Å². The molecule has 3 aromatic rings. The first kappa shape index (κ1) is 16.9. The van der Waals surface area contributed by atoms with Crippen LogP contribution in [0, 0.1) is 0 Å². The lowest BCUT2D eigenvalue weighted by Gasteiger charge is -2.06. The third kappa shape index (κ3) is 4.10. The van der Waals surface area contributed by atoms with E-state index in [1.807, 2.05) is 49.4 Å². The zero-order valence-electron chi connectivity index (χ0n) is 13.7. The number of aromatic nitrogens is 1. The Kier molecular flexibility index (Phi) is 5.20. The van der Waals surface area contributed by atoms with E-state index in [4.69, 9.17) is 0 Å². The number of benzene rings is 2. The SMILES string of the molecule is CCc1ccc(C(=O)NNC(=O)c2csc(-c3ccccc3)n2)cc1. The van der Waals surface area contributed by atoms with Crippen molar-refractivity contribution in [3.8, 4) is 10.6 Å². The lowest BCUT2D eigenvalue weighted by molar-refractivity contribution is 0.0844. The zero-order valence-corrected chi connectivity index (χ0v) is 14.5. The molecule has 2 amide bonds. The van der Waals surface area contributed by atoms with E-state index in [2.05, 4.69) is 15.8 Å². The van der Waals surface area contributed by atoms with Crippen molar-refractivity contribution >= 4 is 23.2 Å². The molecule has 25 heavy (non-hydrogen) atoms.